The van der Waals surface area contributed by atoms with Crippen molar-refractivity contribution in [3.8, 4) is 0 Å². The summed E-state index contributed by atoms with van der Waals surface area (Å²) in [4.78, 5) is 18.3. The number of hydrogen-bond donors (Lipinski definition) is 3. The smallest absolute Gasteiger partial charge is 0.287 e. The Morgan fingerprint density at radius 2 is 2.12 bits per heavy atom. The molecule has 1 aromatic heterocycles. The maximum atomic E-state index is 14.6. The van der Waals surface area contributed by atoms with Crippen molar-refractivity contribution in [2.75, 3.05) is 37.6 Å². The average molecular weight is 358 g/mol. The quantitative estimate of drug-likeness (QED) is 0.552. The highest BCUT2D eigenvalue weighted by molar-refractivity contribution is 6.00. The third-order valence-corrected chi connectivity index (χ3v) is 4.84. The Balaban J connectivity index is 1.66. The second-order valence-corrected chi connectivity index (χ2v) is 6.48. The number of piperazine rings is 1. The van der Waals surface area contributed by atoms with Crippen LogP contribution in [0.15, 0.2) is 41.6 Å². The van der Waals surface area contributed by atoms with Crippen molar-refractivity contribution in [3.63, 3.8) is 0 Å². The summed E-state index contributed by atoms with van der Waals surface area (Å²) in [6, 6.07) is 8.52. The van der Waals surface area contributed by atoms with Gasteiger partial charge in [-0.1, -0.05) is 6.07 Å². The fourth-order valence-electron chi connectivity index (χ4n) is 3.14. The van der Waals surface area contributed by atoms with Crippen LogP contribution in [-0.2, 0) is 0 Å². The van der Waals surface area contributed by atoms with E-state index in [2.05, 4.69) is 27.3 Å². The third-order valence-electron chi connectivity index (χ3n) is 4.84. The molecule has 7 heteroatoms. The molecule has 3 N–H and O–H groups in total. The molecular weight excluding hydrogens is 333 g/mol. The number of rotatable bonds is 5. The lowest BCUT2D eigenvalue weighted by Crippen LogP contribution is -3.14. The van der Waals surface area contributed by atoms with Gasteiger partial charge in [0.2, 0.25) is 0 Å². The zero-order chi connectivity index (χ0) is 18.5. The summed E-state index contributed by atoms with van der Waals surface area (Å²) in [6.07, 6.45) is 1.67. The molecule has 1 fully saturated rings. The number of hydrogen-bond acceptors (Lipinski definition) is 3. The highest BCUT2D eigenvalue weighted by atomic mass is 19.1. The molecule has 0 atom stereocenters. The number of nitrogens with one attached hydrogen (secondary N) is 3. The Kier molecular flexibility index (Phi) is 5.68. The van der Waals surface area contributed by atoms with E-state index in [1.807, 2.05) is 6.07 Å². The Morgan fingerprint density at radius 3 is 2.73 bits per heavy atom. The van der Waals surface area contributed by atoms with Crippen molar-refractivity contribution in [2.45, 2.75) is 13.8 Å². The number of halogens is 1. The van der Waals surface area contributed by atoms with Crippen LogP contribution in [0, 0.1) is 5.82 Å². The van der Waals surface area contributed by atoms with E-state index in [1.165, 1.54) is 6.07 Å². The number of benzene rings is 1. The standard InChI is InChI=1S/C19H24FN5O/c1-3-24-9-11-25(12-10-24)18-7-6-15(13-16(18)20)14(2)22-23-19(26)17-5-4-8-21-17/h4-8,13,21H,3,9-12H2,1-2H3,(H,23,26)/p+1/b22-14-. The van der Waals surface area contributed by atoms with Gasteiger partial charge in [0.15, 0.2) is 0 Å². The van der Waals surface area contributed by atoms with Crippen molar-refractivity contribution in [2.24, 2.45) is 5.10 Å². The summed E-state index contributed by atoms with van der Waals surface area (Å²) in [5.74, 6) is -0.588. The minimum atomic E-state index is -0.331. The highest BCUT2D eigenvalue weighted by Crippen LogP contribution is 2.21. The van der Waals surface area contributed by atoms with Gasteiger partial charge in [0.05, 0.1) is 44.1 Å². The molecule has 138 valence electrons. The Hall–Kier alpha value is -2.67. The molecule has 0 radical (unpaired) electrons. The van der Waals surface area contributed by atoms with Gasteiger partial charge in [0, 0.05) is 11.8 Å². The predicted molar refractivity (Wildman–Crippen MR) is 100 cm³/mol. The van der Waals surface area contributed by atoms with Crippen molar-refractivity contribution >= 4 is 17.3 Å². The zero-order valence-electron chi connectivity index (χ0n) is 15.2. The number of anilines is 1. The first-order valence-corrected chi connectivity index (χ1v) is 8.95. The molecule has 1 aliphatic heterocycles. The number of carbonyl (C=O) groups excluding carboxylic acids is 1. The average Bonchev–Trinajstić information content (AvgIpc) is 3.21. The number of amides is 1. The van der Waals surface area contributed by atoms with E-state index in [0.29, 0.717) is 22.7 Å². The van der Waals surface area contributed by atoms with Crippen LogP contribution in [0.2, 0.25) is 0 Å². The molecule has 26 heavy (non-hydrogen) atoms. The van der Waals surface area contributed by atoms with Crippen molar-refractivity contribution in [1.82, 2.24) is 10.4 Å². The van der Waals surface area contributed by atoms with Gasteiger partial charge >= 0.3 is 0 Å². The van der Waals surface area contributed by atoms with E-state index < -0.39 is 0 Å². The second kappa shape index (κ2) is 8.14. The molecular formula is C19H25FN5O+. The summed E-state index contributed by atoms with van der Waals surface area (Å²) in [5, 5.41) is 4.07. The topological polar surface area (TPSA) is 64.9 Å². The van der Waals surface area contributed by atoms with E-state index in [-0.39, 0.29) is 11.7 Å². The van der Waals surface area contributed by atoms with Crippen LogP contribution >= 0.6 is 0 Å². The van der Waals surface area contributed by atoms with Crippen LogP contribution in [0.5, 0.6) is 0 Å². The molecule has 1 amide bonds. The van der Waals surface area contributed by atoms with Crippen LogP contribution in [0.1, 0.15) is 29.9 Å². The normalized spacial score (nSPS) is 16.0. The number of H-pyrrole nitrogens is 1. The maximum Gasteiger partial charge on any atom is 0.287 e. The van der Waals surface area contributed by atoms with E-state index in [9.17, 15) is 9.18 Å². The van der Waals surface area contributed by atoms with E-state index in [0.717, 1.165) is 32.7 Å². The van der Waals surface area contributed by atoms with Crippen LogP contribution < -0.4 is 15.2 Å². The van der Waals surface area contributed by atoms with Crippen molar-refractivity contribution < 1.29 is 14.1 Å². The van der Waals surface area contributed by atoms with Crippen LogP contribution in [-0.4, -0.2) is 49.3 Å². The number of hydrazone groups is 1. The number of quaternary nitrogens is 1. The fourth-order valence-corrected chi connectivity index (χ4v) is 3.14. The molecule has 0 saturated carbocycles. The lowest BCUT2D eigenvalue weighted by atomic mass is 10.1. The number of aromatic nitrogens is 1. The molecule has 0 unspecified atom stereocenters. The summed E-state index contributed by atoms with van der Waals surface area (Å²) in [5.41, 5.74) is 4.73. The van der Waals surface area contributed by atoms with E-state index >= 15 is 0 Å². The number of likely N-dealkylation sites (N-methyl/N-ethyl adjacent to an activating group) is 1. The Labute approximate surface area is 152 Å². The van der Waals surface area contributed by atoms with Crippen LogP contribution in [0.25, 0.3) is 0 Å². The molecule has 1 aliphatic rings. The first kappa shape index (κ1) is 18.1. The van der Waals surface area contributed by atoms with Crippen molar-refractivity contribution in [1.29, 1.82) is 0 Å². The van der Waals surface area contributed by atoms with Gasteiger partial charge in [-0.05, 0) is 38.1 Å². The lowest BCUT2D eigenvalue weighted by Gasteiger charge is -2.33. The van der Waals surface area contributed by atoms with Gasteiger partial charge in [0.1, 0.15) is 11.5 Å². The van der Waals surface area contributed by atoms with Gasteiger partial charge in [-0.2, -0.15) is 5.10 Å². The minimum Gasteiger partial charge on any atom is -0.358 e. The summed E-state index contributed by atoms with van der Waals surface area (Å²) >= 11 is 0. The van der Waals surface area contributed by atoms with Gasteiger partial charge in [0.25, 0.3) is 5.91 Å². The summed E-state index contributed by atoms with van der Waals surface area (Å²) < 4.78 is 14.6. The molecule has 0 spiro atoms. The monoisotopic (exact) mass is 358 g/mol. The van der Waals surface area contributed by atoms with Crippen LogP contribution in [0.3, 0.4) is 0 Å². The zero-order valence-corrected chi connectivity index (χ0v) is 15.2. The summed E-state index contributed by atoms with van der Waals surface area (Å²) in [7, 11) is 0. The molecule has 6 nitrogen and oxygen atoms in total. The first-order chi connectivity index (χ1) is 12.6. The Morgan fingerprint density at radius 1 is 1.35 bits per heavy atom. The molecule has 0 aliphatic carbocycles. The fraction of sp³-hybridized carbons (Fsp3) is 0.368. The SMILES string of the molecule is CC[NH+]1CCN(c2ccc(/C(C)=N\NC(=O)c3ccc[nH]3)cc2F)CC1. The molecule has 0 bridgehead atoms. The van der Waals surface area contributed by atoms with Gasteiger partial charge in [-0.15, -0.1) is 0 Å². The van der Waals surface area contributed by atoms with E-state index in [4.69, 9.17) is 0 Å². The highest BCUT2D eigenvalue weighted by Gasteiger charge is 2.21. The van der Waals surface area contributed by atoms with Gasteiger partial charge in [-0.3, -0.25) is 4.79 Å². The molecule has 1 aromatic carbocycles. The lowest BCUT2D eigenvalue weighted by molar-refractivity contribution is -0.898. The van der Waals surface area contributed by atoms with Gasteiger partial charge in [-0.25, -0.2) is 9.82 Å². The third kappa shape index (κ3) is 4.11. The van der Waals surface area contributed by atoms with Crippen LogP contribution in [0.4, 0.5) is 10.1 Å². The van der Waals surface area contributed by atoms with Crippen molar-refractivity contribution in [3.05, 3.63) is 53.6 Å². The number of nitrogens with zero attached hydrogens (tertiary/aromatic N) is 2. The largest absolute Gasteiger partial charge is 0.358 e. The number of aromatic amines is 1. The summed E-state index contributed by atoms with van der Waals surface area (Å²) in [6.45, 7) is 8.81. The van der Waals surface area contributed by atoms with E-state index in [1.54, 1.807) is 36.2 Å². The van der Waals surface area contributed by atoms with Gasteiger partial charge < -0.3 is 14.8 Å². The second-order valence-electron chi connectivity index (χ2n) is 6.48. The molecule has 2 heterocycles. The first-order valence-electron chi connectivity index (χ1n) is 8.95. The molecule has 1 saturated heterocycles. The minimum absolute atomic E-state index is 0.257. The predicted octanol–water partition coefficient (Wildman–Crippen LogP) is 1.03. The number of carbonyl (C=O) groups is 1. The molecule has 3 rings (SSSR count). The molecule has 2 aromatic rings. The maximum absolute atomic E-state index is 14.6. The Bertz CT molecular complexity index is 779.